The molecule has 0 aromatic rings. The van der Waals surface area contributed by atoms with E-state index < -0.39 is 0 Å². The Morgan fingerprint density at radius 3 is 2.89 bits per heavy atom. The number of rotatable bonds is 7. The lowest BCUT2D eigenvalue weighted by Gasteiger charge is -2.35. The maximum Gasteiger partial charge on any atom is 0.236 e. The highest BCUT2D eigenvalue weighted by atomic mass is 32.1. The Balaban J connectivity index is 2.42. The van der Waals surface area contributed by atoms with E-state index in [0.717, 1.165) is 25.8 Å². The first-order valence-corrected chi connectivity index (χ1v) is 7.32. The van der Waals surface area contributed by atoms with Gasteiger partial charge in [-0.3, -0.25) is 9.69 Å². The zero-order valence-corrected chi connectivity index (χ0v) is 12.5. The van der Waals surface area contributed by atoms with Crippen molar-refractivity contribution in [3.05, 3.63) is 0 Å². The maximum absolute atomic E-state index is 12.1. The van der Waals surface area contributed by atoms with Gasteiger partial charge in [0.1, 0.15) is 0 Å². The fraction of sp³-hybridized carbons (Fsp3) is 0.846. The fourth-order valence-electron chi connectivity index (χ4n) is 2.44. The first-order chi connectivity index (χ1) is 9.04. The number of thiocarbonyl (C=S) groups is 1. The van der Waals surface area contributed by atoms with Gasteiger partial charge < -0.3 is 15.7 Å². The lowest BCUT2D eigenvalue weighted by Crippen LogP contribution is -2.46. The number of carbonyl (C=O) groups excluding carboxylic acids is 1. The van der Waals surface area contributed by atoms with Crippen molar-refractivity contribution < 1.29 is 9.90 Å². The van der Waals surface area contributed by atoms with Gasteiger partial charge in [-0.15, -0.1) is 0 Å². The van der Waals surface area contributed by atoms with Crippen LogP contribution in [0.3, 0.4) is 0 Å². The minimum atomic E-state index is 0.0982. The lowest BCUT2D eigenvalue weighted by molar-refractivity contribution is -0.132. The Morgan fingerprint density at radius 2 is 2.26 bits per heavy atom. The van der Waals surface area contributed by atoms with Crippen molar-refractivity contribution in [2.45, 2.75) is 38.1 Å². The minimum Gasteiger partial charge on any atom is -0.396 e. The Bertz CT molecular complexity index is 310. The molecule has 1 saturated heterocycles. The monoisotopic (exact) mass is 287 g/mol. The number of nitrogens with zero attached hydrogens (tertiary/aromatic N) is 2. The number of aliphatic hydroxyl groups excluding tert-OH is 1. The van der Waals surface area contributed by atoms with Gasteiger partial charge in [-0.25, -0.2) is 0 Å². The summed E-state index contributed by atoms with van der Waals surface area (Å²) in [6.07, 6.45) is 4.71. The van der Waals surface area contributed by atoms with Crippen LogP contribution in [-0.4, -0.2) is 65.1 Å². The van der Waals surface area contributed by atoms with Crippen LogP contribution in [0, 0.1) is 0 Å². The van der Waals surface area contributed by atoms with Gasteiger partial charge in [0.15, 0.2) is 0 Å². The number of aliphatic hydroxyl groups is 1. The molecule has 110 valence electrons. The summed E-state index contributed by atoms with van der Waals surface area (Å²) in [5.41, 5.74) is 5.44. The van der Waals surface area contributed by atoms with Crippen LogP contribution >= 0.6 is 12.2 Å². The van der Waals surface area contributed by atoms with Gasteiger partial charge in [-0.2, -0.15) is 0 Å². The van der Waals surface area contributed by atoms with E-state index in [9.17, 15) is 4.79 Å². The molecule has 1 amide bonds. The van der Waals surface area contributed by atoms with Gasteiger partial charge in [-0.05, 0) is 25.8 Å². The van der Waals surface area contributed by atoms with Crippen LogP contribution in [0.25, 0.3) is 0 Å². The topological polar surface area (TPSA) is 69.8 Å². The summed E-state index contributed by atoms with van der Waals surface area (Å²) in [6, 6.07) is 0.340. The third-order valence-corrected chi connectivity index (χ3v) is 3.87. The van der Waals surface area contributed by atoms with Crippen LogP contribution in [-0.2, 0) is 4.79 Å². The zero-order valence-electron chi connectivity index (χ0n) is 11.7. The molecule has 0 spiro atoms. The van der Waals surface area contributed by atoms with Gasteiger partial charge in [-0.1, -0.05) is 18.6 Å². The van der Waals surface area contributed by atoms with Gasteiger partial charge in [0.05, 0.1) is 11.5 Å². The maximum atomic E-state index is 12.1. The lowest BCUT2D eigenvalue weighted by atomic mass is 9.99. The van der Waals surface area contributed by atoms with Crippen molar-refractivity contribution in [2.75, 3.05) is 33.3 Å². The third kappa shape index (κ3) is 5.84. The molecule has 1 aliphatic rings. The first-order valence-electron chi connectivity index (χ1n) is 6.91. The molecule has 0 aliphatic carbocycles. The summed E-state index contributed by atoms with van der Waals surface area (Å²) in [5, 5.41) is 9.07. The number of amides is 1. The number of nitrogens with two attached hydrogens (primary N) is 1. The van der Waals surface area contributed by atoms with Gasteiger partial charge in [0, 0.05) is 32.7 Å². The summed E-state index contributed by atoms with van der Waals surface area (Å²) < 4.78 is 0. The molecule has 1 aliphatic heterocycles. The third-order valence-electron chi connectivity index (χ3n) is 3.67. The predicted octanol–water partition coefficient (Wildman–Crippen LogP) is 0.358. The van der Waals surface area contributed by atoms with Crippen molar-refractivity contribution in [3.8, 4) is 0 Å². The Hall–Kier alpha value is -0.720. The van der Waals surface area contributed by atoms with Crippen molar-refractivity contribution in [1.29, 1.82) is 0 Å². The smallest absolute Gasteiger partial charge is 0.236 e. The molecule has 5 nitrogen and oxygen atoms in total. The highest BCUT2D eigenvalue weighted by molar-refractivity contribution is 7.80. The van der Waals surface area contributed by atoms with Gasteiger partial charge in [0.25, 0.3) is 0 Å². The second-order valence-corrected chi connectivity index (χ2v) is 5.69. The molecule has 1 fully saturated rings. The number of likely N-dealkylation sites (tertiary alicyclic amines) is 1. The number of likely N-dealkylation sites (N-methyl/N-ethyl adjacent to an activating group) is 1. The summed E-state index contributed by atoms with van der Waals surface area (Å²) in [4.78, 5) is 16.4. The SMILES string of the molecule is CN(CCC(N)=S)C(=O)CN1CCCCC1CCO. The summed E-state index contributed by atoms with van der Waals surface area (Å²) in [5.74, 6) is 0.0982. The molecular weight excluding hydrogens is 262 g/mol. The largest absolute Gasteiger partial charge is 0.396 e. The number of hydrogen-bond donors (Lipinski definition) is 2. The predicted molar refractivity (Wildman–Crippen MR) is 80.0 cm³/mol. The standard InChI is InChI=1S/C13H25N3O2S/c1-15(8-5-12(14)19)13(18)10-16-7-3-2-4-11(16)6-9-17/h11,17H,2-10H2,1H3,(H2,14,19). The molecule has 1 heterocycles. The second kappa shape index (κ2) is 8.45. The zero-order chi connectivity index (χ0) is 14.3. The van der Waals surface area contributed by atoms with Gasteiger partial charge >= 0.3 is 0 Å². The van der Waals surface area contributed by atoms with E-state index in [1.807, 2.05) is 0 Å². The number of piperidine rings is 1. The summed E-state index contributed by atoms with van der Waals surface area (Å²) in [7, 11) is 1.78. The summed E-state index contributed by atoms with van der Waals surface area (Å²) in [6.45, 7) is 2.14. The van der Waals surface area contributed by atoms with E-state index >= 15 is 0 Å². The van der Waals surface area contributed by atoms with Crippen LogP contribution in [0.2, 0.25) is 0 Å². The molecule has 1 atom stereocenters. The molecule has 1 unspecified atom stereocenters. The Labute approximate surface area is 120 Å². The Kier molecular flexibility index (Phi) is 7.27. The van der Waals surface area contributed by atoms with E-state index in [0.29, 0.717) is 30.5 Å². The normalized spacial score (nSPS) is 20.2. The van der Waals surface area contributed by atoms with Crippen LogP contribution in [0.1, 0.15) is 32.1 Å². The first kappa shape index (κ1) is 16.3. The average Bonchev–Trinajstić information content (AvgIpc) is 2.38. The number of hydrogen-bond acceptors (Lipinski definition) is 4. The van der Waals surface area contributed by atoms with Gasteiger partial charge in [0.2, 0.25) is 5.91 Å². The van der Waals surface area contributed by atoms with Crippen LogP contribution in [0.5, 0.6) is 0 Å². The second-order valence-electron chi connectivity index (χ2n) is 5.16. The molecular formula is C13H25N3O2S. The molecule has 0 bridgehead atoms. The van der Waals surface area contributed by atoms with E-state index in [1.165, 1.54) is 6.42 Å². The molecule has 0 radical (unpaired) electrons. The molecule has 19 heavy (non-hydrogen) atoms. The van der Waals surface area contributed by atoms with E-state index in [-0.39, 0.29) is 12.5 Å². The van der Waals surface area contributed by atoms with E-state index in [2.05, 4.69) is 4.90 Å². The van der Waals surface area contributed by atoms with E-state index in [1.54, 1.807) is 11.9 Å². The molecule has 3 N–H and O–H groups in total. The highest BCUT2D eigenvalue weighted by Gasteiger charge is 2.24. The molecule has 6 heteroatoms. The summed E-state index contributed by atoms with van der Waals surface area (Å²) >= 11 is 4.82. The van der Waals surface area contributed by atoms with E-state index in [4.69, 9.17) is 23.1 Å². The molecule has 0 aromatic carbocycles. The van der Waals surface area contributed by atoms with Crippen molar-refractivity contribution in [1.82, 2.24) is 9.80 Å². The van der Waals surface area contributed by atoms with Crippen molar-refractivity contribution in [2.24, 2.45) is 5.73 Å². The highest BCUT2D eigenvalue weighted by Crippen LogP contribution is 2.19. The quantitative estimate of drug-likeness (QED) is 0.662. The van der Waals surface area contributed by atoms with Crippen LogP contribution in [0.4, 0.5) is 0 Å². The number of carbonyl (C=O) groups is 1. The Morgan fingerprint density at radius 1 is 1.53 bits per heavy atom. The molecule has 1 rings (SSSR count). The average molecular weight is 287 g/mol. The minimum absolute atomic E-state index is 0.0982. The molecule has 0 aromatic heterocycles. The van der Waals surface area contributed by atoms with Crippen molar-refractivity contribution >= 4 is 23.1 Å². The van der Waals surface area contributed by atoms with Crippen LogP contribution < -0.4 is 5.73 Å². The van der Waals surface area contributed by atoms with Crippen molar-refractivity contribution in [3.63, 3.8) is 0 Å². The molecule has 0 saturated carbocycles. The fourth-order valence-corrected chi connectivity index (χ4v) is 2.53. The van der Waals surface area contributed by atoms with Crippen LogP contribution in [0.15, 0.2) is 0 Å².